The number of amides is 2. The van der Waals surface area contributed by atoms with Crippen molar-refractivity contribution in [3.05, 3.63) is 29.8 Å². The fourth-order valence-corrected chi connectivity index (χ4v) is 4.04. The van der Waals surface area contributed by atoms with Gasteiger partial charge in [0.25, 0.3) is 5.91 Å². The molecule has 1 aromatic rings. The molecular weight excluding hydrogens is 344 g/mol. The van der Waals surface area contributed by atoms with Gasteiger partial charge in [-0.1, -0.05) is 19.9 Å². The number of rotatable bonds is 5. The van der Waals surface area contributed by atoms with E-state index in [1.54, 1.807) is 36.3 Å². The average molecular weight is 374 g/mol. The fraction of sp³-hybridized carbons (Fsp3) is 0.619. The maximum atomic E-state index is 13.5. The van der Waals surface area contributed by atoms with E-state index in [1.165, 1.54) is 0 Å². The first-order valence-corrected chi connectivity index (χ1v) is 9.90. The van der Waals surface area contributed by atoms with Crippen LogP contribution in [0.4, 0.5) is 0 Å². The fourth-order valence-electron chi connectivity index (χ4n) is 4.04. The molecule has 1 atom stereocenters. The van der Waals surface area contributed by atoms with E-state index in [0.717, 1.165) is 32.1 Å². The second-order valence-corrected chi connectivity index (χ2v) is 7.65. The van der Waals surface area contributed by atoms with Crippen LogP contribution in [0.25, 0.3) is 0 Å². The van der Waals surface area contributed by atoms with E-state index in [4.69, 9.17) is 9.47 Å². The summed E-state index contributed by atoms with van der Waals surface area (Å²) in [5, 5.41) is 2.93. The molecule has 2 amide bonds. The Morgan fingerprint density at radius 3 is 2.74 bits per heavy atom. The minimum absolute atomic E-state index is 0.136. The normalized spacial score (nSPS) is 27.6. The molecule has 6 nitrogen and oxygen atoms in total. The van der Waals surface area contributed by atoms with Crippen molar-refractivity contribution in [2.45, 2.75) is 57.7 Å². The molecule has 0 bridgehead atoms. The van der Waals surface area contributed by atoms with Gasteiger partial charge in [0, 0.05) is 12.1 Å². The summed E-state index contributed by atoms with van der Waals surface area (Å²) in [5.41, 5.74) is -0.160. The van der Waals surface area contributed by atoms with Crippen molar-refractivity contribution < 1.29 is 19.1 Å². The van der Waals surface area contributed by atoms with Crippen LogP contribution in [-0.2, 0) is 9.53 Å². The highest BCUT2D eigenvalue weighted by atomic mass is 16.5. The smallest absolute Gasteiger partial charge is 0.257 e. The maximum Gasteiger partial charge on any atom is 0.257 e. The lowest BCUT2D eigenvalue weighted by atomic mass is 9.83. The number of hydrogen-bond donors (Lipinski definition) is 1. The Kier molecular flexibility index (Phi) is 6.05. The molecule has 1 aliphatic heterocycles. The van der Waals surface area contributed by atoms with Crippen molar-refractivity contribution >= 4 is 11.8 Å². The quantitative estimate of drug-likeness (QED) is 0.860. The van der Waals surface area contributed by atoms with Gasteiger partial charge in [-0.2, -0.15) is 0 Å². The van der Waals surface area contributed by atoms with Gasteiger partial charge in [-0.05, 0) is 56.2 Å². The molecule has 1 aromatic carbocycles. The highest BCUT2D eigenvalue weighted by Gasteiger charge is 2.53. The summed E-state index contributed by atoms with van der Waals surface area (Å²) in [6.07, 6.45) is 4.37. The first-order chi connectivity index (χ1) is 13.0. The van der Waals surface area contributed by atoms with Crippen molar-refractivity contribution in [3.8, 4) is 5.75 Å². The summed E-state index contributed by atoms with van der Waals surface area (Å²) in [7, 11) is 1.58. The minimum Gasteiger partial charge on any atom is -0.497 e. The SMILES string of the molecule is CCCNC(=O)[C@@H]1COC2(CCC(C)CC2)N1C(=O)c1cccc(OC)c1. The summed E-state index contributed by atoms with van der Waals surface area (Å²) in [5.74, 6) is 0.932. The van der Waals surface area contributed by atoms with Gasteiger partial charge in [-0.3, -0.25) is 14.5 Å². The molecule has 2 aliphatic rings. The van der Waals surface area contributed by atoms with Crippen LogP contribution >= 0.6 is 0 Å². The molecule has 1 N–H and O–H groups in total. The van der Waals surface area contributed by atoms with E-state index in [0.29, 0.717) is 23.8 Å². The van der Waals surface area contributed by atoms with Crippen molar-refractivity contribution in [1.29, 1.82) is 0 Å². The zero-order valence-electron chi connectivity index (χ0n) is 16.5. The third kappa shape index (κ3) is 3.95. The predicted octanol–water partition coefficient (Wildman–Crippen LogP) is 2.97. The van der Waals surface area contributed by atoms with Crippen molar-refractivity contribution in [3.63, 3.8) is 0 Å². The van der Waals surface area contributed by atoms with Gasteiger partial charge in [0.2, 0.25) is 5.91 Å². The number of methoxy groups -OCH3 is 1. The number of hydrogen-bond acceptors (Lipinski definition) is 4. The number of carbonyl (C=O) groups excluding carboxylic acids is 2. The Bertz CT molecular complexity index is 683. The first kappa shape index (κ1) is 19.7. The van der Waals surface area contributed by atoms with E-state index >= 15 is 0 Å². The van der Waals surface area contributed by atoms with E-state index in [-0.39, 0.29) is 18.4 Å². The Labute approximate surface area is 161 Å². The van der Waals surface area contributed by atoms with E-state index in [1.807, 2.05) is 6.92 Å². The van der Waals surface area contributed by atoms with Crippen LogP contribution in [0.2, 0.25) is 0 Å². The van der Waals surface area contributed by atoms with Gasteiger partial charge in [-0.25, -0.2) is 0 Å². The Hall–Kier alpha value is -2.08. The van der Waals surface area contributed by atoms with Crippen LogP contribution in [0.3, 0.4) is 0 Å². The lowest BCUT2D eigenvalue weighted by molar-refractivity contribution is -0.127. The zero-order valence-corrected chi connectivity index (χ0v) is 16.5. The third-order valence-electron chi connectivity index (χ3n) is 5.70. The molecule has 2 fully saturated rings. The van der Waals surface area contributed by atoms with Gasteiger partial charge in [0.15, 0.2) is 0 Å². The standard InChI is InChI=1S/C21H30N2O4/c1-4-12-22-19(24)18-14-27-21(10-8-15(2)9-11-21)23(18)20(25)16-6-5-7-17(13-16)26-3/h5-7,13,15,18H,4,8-12,14H2,1-3H3,(H,22,24)/t15?,18-,21?/m0/s1. The molecule has 0 radical (unpaired) electrons. The van der Waals surface area contributed by atoms with Crippen LogP contribution in [0, 0.1) is 5.92 Å². The predicted molar refractivity (Wildman–Crippen MR) is 103 cm³/mol. The second kappa shape index (κ2) is 8.30. The Balaban J connectivity index is 1.92. The number of ether oxygens (including phenoxy) is 2. The molecule has 1 saturated heterocycles. The monoisotopic (exact) mass is 374 g/mol. The van der Waals surface area contributed by atoms with E-state index in [9.17, 15) is 9.59 Å². The van der Waals surface area contributed by atoms with Crippen LogP contribution in [-0.4, -0.2) is 48.7 Å². The van der Waals surface area contributed by atoms with Gasteiger partial charge in [-0.15, -0.1) is 0 Å². The summed E-state index contributed by atoms with van der Waals surface area (Å²) in [4.78, 5) is 27.9. The summed E-state index contributed by atoms with van der Waals surface area (Å²) in [6.45, 7) is 5.08. The van der Waals surface area contributed by atoms with Crippen LogP contribution in [0.1, 0.15) is 56.3 Å². The maximum absolute atomic E-state index is 13.5. The van der Waals surface area contributed by atoms with Crippen molar-refractivity contribution in [2.24, 2.45) is 5.92 Å². The summed E-state index contributed by atoms with van der Waals surface area (Å²) >= 11 is 0. The third-order valence-corrected chi connectivity index (χ3v) is 5.70. The molecule has 1 saturated carbocycles. The topological polar surface area (TPSA) is 67.9 Å². The molecule has 1 spiro atoms. The molecule has 6 heteroatoms. The van der Waals surface area contributed by atoms with Crippen molar-refractivity contribution in [1.82, 2.24) is 10.2 Å². The van der Waals surface area contributed by atoms with Gasteiger partial charge >= 0.3 is 0 Å². The molecule has 1 heterocycles. The number of benzene rings is 1. The molecule has 0 unspecified atom stereocenters. The summed E-state index contributed by atoms with van der Waals surface area (Å²) < 4.78 is 11.4. The Morgan fingerprint density at radius 2 is 2.07 bits per heavy atom. The van der Waals surface area contributed by atoms with Crippen LogP contribution in [0.5, 0.6) is 5.75 Å². The average Bonchev–Trinajstić information content (AvgIpc) is 3.07. The lowest BCUT2D eigenvalue weighted by Gasteiger charge is -2.43. The van der Waals surface area contributed by atoms with Crippen LogP contribution < -0.4 is 10.1 Å². The highest BCUT2D eigenvalue weighted by molar-refractivity contribution is 5.98. The van der Waals surface area contributed by atoms with Crippen molar-refractivity contribution in [2.75, 3.05) is 20.3 Å². The van der Waals surface area contributed by atoms with E-state index < -0.39 is 11.8 Å². The molecule has 3 rings (SSSR count). The molecule has 148 valence electrons. The molecule has 0 aromatic heterocycles. The lowest BCUT2D eigenvalue weighted by Crippen LogP contribution is -2.56. The van der Waals surface area contributed by atoms with E-state index in [2.05, 4.69) is 12.2 Å². The first-order valence-electron chi connectivity index (χ1n) is 9.90. The number of nitrogens with one attached hydrogen (secondary N) is 1. The number of nitrogens with zero attached hydrogens (tertiary/aromatic N) is 1. The van der Waals surface area contributed by atoms with Crippen LogP contribution in [0.15, 0.2) is 24.3 Å². The van der Waals surface area contributed by atoms with Gasteiger partial charge in [0.05, 0.1) is 13.7 Å². The Morgan fingerprint density at radius 1 is 1.33 bits per heavy atom. The largest absolute Gasteiger partial charge is 0.497 e. The van der Waals surface area contributed by atoms with Gasteiger partial charge < -0.3 is 14.8 Å². The molecule has 27 heavy (non-hydrogen) atoms. The molecule has 1 aliphatic carbocycles. The minimum atomic E-state index is -0.680. The second-order valence-electron chi connectivity index (χ2n) is 7.65. The van der Waals surface area contributed by atoms with Gasteiger partial charge in [0.1, 0.15) is 17.5 Å². The summed E-state index contributed by atoms with van der Waals surface area (Å²) in [6, 6.07) is 6.50. The number of carbonyl (C=O) groups is 2. The zero-order chi connectivity index (χ0) is 19.4. The highest BCUT2D eigenvalue weighted by Crippen LogP contribution is 2.43. The molecular formula is C21H30N2O4.